The van der Waals surface area contributed by atoms with E-state index in [0.29, 0.717) is 12.8 Å². The van der Waals surface area contributed by atoms with Gasteiger partial charge in [-0.25, -0.2) is 9.59 Å². The van der Waals surface area contributed by atoms with Crippen molar-refractivity contribution in [3.63, 3.8) is 0 Å². The van der Waals surface area contributed by atoms with Crippen LogP contribution in [-0.2, 0) is 95.1 Å². The number of ether oxygens (including phenoxy) is 13. The summed E-state index contributed by atoms with van der Waals surface area (Å²) in [7, 11) is 0. The molecule has 6 rings (SSSR count). The van der Waals surface area contributed by atoms with Gasteiger partial charge in [-0.15, -0.1) is 0 Å². The average molecular weight is 1990 g/mol. The van der Waals surface area contributed by atoms with Crippen LogP contribution in [-0.4, -0.2) is 397 Å². The molecule has 0 saturated carbocycles. The van der Waals surface area contributed by atoms with Crippen LogP contribution in [0.2, 0.25) is 0 Å². The summed E-state index contributed by atoms with van der Waals surface area (Å²) >= 11 is 0. The molecule has 0 aromatic heterocycles. The van der Waals surface area contributed by atoms with E-state index in [0.717, 1.165) is 98.3 Å². The predicted molar refractivity (Wildman–Crippen MR) is 486 cm³/mol. The lowest BCUT2D eigenvalue weighted by Gasteiger charge is -2.53. The van der Waals surface area contributed by atoms with Crippen LogP contribution in [0.25, 0.3) is 0 Å². The van der Waals surface area contributed by atoms with E-state index in [-0.39, 0.29) is 6.42 Å². The van der Waals surface area contributed by atoms with Crippen molar-refractivity contribution in [3.05, 3.63) is 24.3 Å². The molecule has 0 spiro atoms. The SMILES string of the molecule is CCCCCCCC/C=C\CCCCCCCCCCCCCCCC(=O)N[C@@H](CO[C@@H]1OC(CO)[C@@H](O[C@@H]2OC(CO)[C@H](O[C@@H]3OC(CO)[C@H](O)[C@H](O[C@@H]4OC(CO)[C@H](O)[C@H](O[C@]5(C(=O)O)CC(O)[C@@H](NC(C)=O)C([C@H](O)[C@H](O)COC(C)=O)O5)C4O)C3NC(C)=O)[C@H](O[C@]3(C(=O)O)CC(O)[C@@H](NC(C)=O)C([C@H](O)[C@H](O)CO)O3)C2O)[C@H](O)C1O)[C@H](O)/C=C/CCCCCCCCCCCCC. The van der Waals surface area contributed by atoms with Crippen LogP contribution in [0.5, 0.6) is 0 Å². The monoisotopic (exact) mass is 1990 g/mol. The Labute approximate surface area is 807 Å². The number of nitrogens with one attached hydrogen (secondary N) is 4. The zero-order chi connectivity index (χ0) is 102. The van der Waals surface area contributed by atoms with Crippen LogP contribution in [0, 0.1) is 0 Å². The molecule has 0 aromatic rings. The smallest absolute Gasteiger partial charge is 0.364 e. The van der Waals surface area contributed by atoms with Crippen LogP contribution in [0.3, 0.4) is 0 Å². The third-order valence-corrected chi connectivity index (χ3v) is 26.0. The number of allylic oxidation sites excluding steroid dienone is 3. The first-order valence-electron chi connectivity index (χ1n) is 49.8. The van der Waals surface area contributed by atoms with Gasteiger partial charge in [-0.1, -0.05) is 205 Å². The minimum absolute atomic E-state index is 0.0894. The van der Waals surface area contributed by atoms with Crippen LogP contribution < -0.4 is 21.3 Å². The number of unbranched alkanes of at least 4 members (excludes halogenated alkanes) is 30. The second-order valence-corrected chi connectivity index (χ2v) is 37.3. The maximum absolute atomic E-state index is 14.1. The first kappa shape index (κ1) is 121. The number of carbonyl (C=O) groups is 7. The molecule has 6 aliphatic heterocycles. The number of carbonyl (C=O) groups excluding carboxylic acids is 5. The highest BCUT2D eigenvalue weighted by Gasteiger charge is 2.64. The summed E-state index contributed by atoms with van der Waals surface area (Å²) in [6, 6.07) is -7.01. The highest BCUT2D eigenvalue weighted by atomic mass is 16.8. The largest absolute Gasteiger partial charge is 0.477 e. The van der Waals surface area contributed by atoms with Gasteiger partial charge in [-0.3, -0.25) is 24.0 Å². The highest BCUT2D eigenvalue weighted by Crippen LogP contribution is 2.43. The van der Waals surface area contributed by atoms with Gasteiger partial charge >= 0.3 is 17.9 Å². The van der Waals surface area contributed by atoms with Crippen molar-refractivity contribution >= 4 is 41.5 Å². The Bertz CT molecular complexity index is 3530. The molecular formula is C94H164N4O40. The molecule has 0 radical (unpaired) electrons. The molecule has 0 bridgehead atoms. The minimum atomic E-state index is -3.51. The van der Waals surface area contributed by atoms with Crippen LogP contribution in [0.1, 0.15) is 273 Å². The lowest BCUT2D eigenvalue weighted by atomic mass is 9.88. The van der Waals surface area contributed by atoms with Gasteiger partial charge in [-0.2, -0.15) is 0 Å². The average Bonchev–Trinajstić information content (AvgIpc) is 0.755. The molecule has 12 unspecified atom stereocenters. The van der Waals surface area contributed by atoms with Crippen molar-refractivity contribution in [2.24, 2.45) is 0 Å². The lowest BCUT2D eigenvalue weighted by molar-refractivity contribution is -0.405. The van der Waals surface area contributed by atoms with Crippen molar-refractivity contribution < 1.29 is 197 Å². The molecule has 800 valence electrons. The van der Waals surface area contributed by atoms with Gasteiger partial charge in [0.1, 0.15) is 141 Å². The third kappa shape index (κ3) is 37.9. The molecule has 6 aliphatic rings. The summed E-state index contributed by atoms with van der Waals surface area (Å²) in [4.78, 5) is 91.8. The number of amides is 4. The third-order valence-electron chi connectivity index (χ3n) is 26.0. The van der Waals surface area contributed by atoms with E-state index in [1.807, 2.05) is 0 Å². The summed E-state index contributed by atoms with van der Waals surface area (Å²) in [5.41, 5.74) is 0. The zero-order valence-electron chi connectivity index (χ0n) is 80.8. The van der Waals surface area contributed by atoms with E-state index >= 15 is 0 Å². The van der Waals surface area contributed by atoms with Gasteiger partial charge in [0.05, 0.1) is 76.1 Å². The van der Waals surface area contributed by atoms with E-state index in [1.54, 1.807) is 6.08 Å². The lowest BCUT2D eigenvalue weighted by Crippen LogP contribution is -2.72. The number of rotatable bonds is 67. The maximum atomic E-state index is 14.1. The number of esters is 1. The fourth-order valence-corrected chi connectivity index (χ4v) is 18.2. The summed E-state index contributed by atoms with van der Waals surface area (Å²) in [6.07, 6.45) is -20.6. The summed E-state index contributed by atoms with van der Waals surface area (Å²) in [5, 5.41) is 239. The van der Waals surface area contributed by atoms with Gasteiger partial charge in [0, 0.05) is 47.0 Å². The topological polar surface area (TPSA) is 692 Å². The Balaban J connectivity index is 1.25. The first-order chi connectivity index (χ1) is 65.9. The van der Waals surface area contributed by atoms with Crippen LogP contribution in [0.4, 0.5) is 0 Å². The van der Waals surface area contributed by atoms with Gasteiger partial charge in [0.25, 0.3) is 11.6 Å². The molecular weight excluding hydrogens is 1830 g/mol. The molecule has 138 heavy (non-hydrogen) atoms. The van der Waals surface area contributed by atoms with Gasteiger partial charge < -0.3 is 185 Å². The molecule has 6 saturated heterocycles. The Hall–Kier alpha value is -5.43. The molecule has 6 fully saturated rings. The van der Waals surface area contributed by atoms with Gasteiger partial charge in [0.15, 0.2) is 25.2 Å². The number of hydrogen-bond donors (Lipinski definition) is 24. The van der Waals surface area contributed by atoms with Crippen molar-refractivity contribution in [1.82, 2.24) is 21.3 Å². The second kappa shape index (κ2) is 63.8. The number of aliphatic hydroxyl groups is 18. The number of aliphatic carboxylic acids is 2. The molecule has 44 nitrogen and oxygen atoms in total. The normalized spacial score (nSPS) is 33.3. The van der Waals surface area contributed by atoms with Gasteiger partial charge in [-0.05, 0) is 44.9 Å². The van der Waals surface area contributed by atoms with Crippen molar-refractivity contribution in [2.75, 3.05) is 46.2 Å². The Kier molecular flexibility index (Phi) is 56.0. The van der Waals surface area contributed by atoms with Gasteiger partial charge in [0.2, 0.25) is 23.6 Å². The molecule has 0 aliphatic carbocycles. The van der Waals surface area contributed by atoms with Crippen molar-refractivity contribution in [2.45, 2.75) is 480 Å². The summed E-state index contributed by atoms with van der Waals surface area (Å²) < 4.78 is 77.5. The highest BCUT2D eigenvalue weighted by molar-refractivity contribution is 5.78. The van der Waals surface area contributed by atoms with Crippen LogP contribution >= 0.6 is 0 Å². The molecule has 0 aromatic carbocycles. The minimum Gasteiger partial charge on any atom is -0.477 e. The molecule has 4 amide bonds. The molecule has 24 N–H and O–H groups in total. The second-order valence-electron chi connectivity index (χ2n) is 37.3. The van der Waals surface area contributed by atoms with E-state index in [4.69, 9.17) is 61.6 Å². The number of hydrogen-bond acceptors (Lipinski definition) is 38. The van der Waals surface area contributed by atoms with Crippen molar-refractivity contribution in [1.29, 1.82) is 0 Å². The van der Waals surface area contributed by atoms with E-state index in [9.17, 15) is 136 Å². The molecule has 44 heteroatoms. The number of carboxylic acid groups (broad SMARTS) is 2. The van der Waals surface area contributed by atoms with E-state index in [1.165, 1.54) is 134 Å². The summed E-state index contributed by atoms with van der Waals surface area (Å²) in [5.74, 6) is -15.6. The quantitative estimate of drug-likeness (QED) is 0.0209. The zero-order valence-corrected chi connectivity index (χ0v) is 80.8. The fourth-order valence-electron chi connectivity index (χ4n) is 18.2. The Morgan fingerprint density at radius 3 is 1.20 bits per heavy atom. The van der Waals surface area contributed by atoms with Crippen molar-refractivity contribution in [3.8, 4) is 0 Å². The Morgan fingerprint density at radius 1 is 0.391 bits per heavy atom. The molecule has 34 atom stereocenters. The number of aliphatic hydroxyl groups excluding tert-OH is 18. The van der Waals surface area contributed by atoms with E-state index < -0.39 is 308 Å². The van der Waals surface area contributed by atoms with E-state index in [2.05, 4.69) is 47.3 Å². The fraction of sp³-hybridized carbons (Fsp3) is 0.883. The summed E-state index contributed by atoms with van der Waals surface area (Å²) in [6.45, 7) is 0.305. The Morgan fingerprint density at radius 2 is 0.761 bits per heavy atom. The molecule has 6 heterocycles. The standard InChI is InChI=1S/C94H164N4O40/c1-7-9-11-13-15-17-19-21-22-23-24-25-26-27-28-29-30-32-34-36-38-40-42-44-68(113)98-58(59(108)43-41-39-37-35-33-31-20-18-16-14-12-10-8-2)52-127-88-77(119)76(118)80(66(50-102)130-88)132-90-79(121)86(138-94(92(124)125)46-61(110)69(95-54(3)104)83(135-94)72(114)62(111)47-99)81(67(51-103)131-90)133-87-71(97-56(5)106)82(74(116)64(48-100)128-87)134-89-78(120)85(75(117)65(49-101)129-89)137-93(91(122)123)45-60(109)70(96-55(4)105)84(136-93)73(115)63(112)53-126-57(6)107/h21-22,41,43,58-67,69-90,99-103,108-112,114-121H,7-20,23-40,42,44-53H2,1-6H3,(H,95,104)(H,96,105)(H,97,106)(H,98,113)(H,122,123)(H,124,125)/b22-21-,43-41+/t58-,59+,60?,61?,62+,63+,64?,65?,66?,67?,69+,70+,71?,72+,73+,74-,75-,76+,77?,78?,79?,80+,81-,82+,83?,84?,85-,86+,87-,88+,89-,90-,93-,94-/m0/s1. The first-order valence-corrected chi connectivity index (χ1v) is 49.8. The maximum Gasteiger partial charge on any atom is 0.364 e. The van der Waals surface area contributed by atoms with Crippen LogP contribution in [0.15, 0.2) is 24.3 Å². The number of carboxylic acids is 2. The predicted octanol–water partition coefficient (Wildman–Crippen LogP) is -0.401.